The summed E-state index contributed by atoms with van der Waals surface area (Å²) in [6, 6.07) is 3.40. The van der Waals surface area contributed by atoms with Crippen LogP contribution in [-0.4, -0.2) is 46.0 Å². The van der Waals surface area contributed by atoms with Crippen molar-refractivity contribution in [2.45, 2.75) is 45.3 Å². The van der Waals surface area contributed by atoms with Crippen LogP contribution >= 0.6 is 11.6 Å². The van der Waals surface area contributed by atoms with E-state index < -0.39 is 17.5 Å². The standard InChI is InChI=1S/C17H22ClN5O4/c1-17(2,3)27-15(24)19-11-4-6-23(7-5-11)13-9-10(8-12(18)20-13)14-21-22-16(25)26-14/h8-9,11H,4-7H2,1-3H3,(H,19,24)(H,22,25). The summed E-state index contributed by atoms with van der Waals surface area (Å²) in [5.41, 5.74) is 0.0463. The largest absolute Gasteiger partial charge is 0.444 e. The van der Waals surface area contributed by atoms with Gasteiger partial charge in [-0.2, -0.15) is 0 Å². The number of aromatic amines is 1. The highest BCUT2D eigenvalue weighted by Crippen LogP contribution is 2.26. The molecule has 27 heavy (non-hydrogen) atoms. The molecule has 2 aromatic heterocycles. The van der Waals surface area contributed by atoms with E-state index in [2.05, 4.69) is 25.4 Å². The summed E-state index contributed by atoms with van der Waals surface area (Å²) in [6.45, 7) is 6.88. The molecule has 0 unspecified atom stereocenters. The fourth-order valence-electron chi connectivity index (χ4n) is 2.85. The Morgan fingerprint density at radius 1 is 1.37 bits per heavy atom. The maximum absolute atomic E-state index is 11.9. The van der Waals surface area contributed by atoms with Crippen molar-refractivity contribution >= 4 is 23.5 Å². The van der Waals surface area contributed by atoms with Gasteiger partial charge in [-0.3, -0.25) is 0 Å². The minimum Gasteiger partial charge on any atom is -0.444 e. The van der Waals surface area contributed by atoms with E-state index in [-0.39, 0.29) is 17.1 Å². The third-order valence-corrected chi connectivity index (χ3v) is 4.20. The Bertz CT molecular complexity index is 865. The number of nitrogens with one attached hydrogen (secondary N) is 2. The smallest absolute Gasteiger partial charge is 0.434 e. The number of aromatic nitrogens is 3. The minimum absolute atomic E-state index is 0.0408. The number of hydrogen-bond acceptors (Lipinski definition) is 7. The number of carbonyl (C=O) groups is 1. The summed E-state index contributed by atoms with van der Waals surface area (Å²) in [6.07, 6.45) is 1.10. The normalized spacial score (nSPS) is 15.6. The summed E-state index contributed by atoms with van der Waals surface area (Å²) >= 11 is 6.12. The second kappa shape index (κ2) is 7.59. The zero-order chi connectivity index (χ0) is 19.6. The highest BCUT2D eigenvalue weighted by Gasteiger charge is 2.24. The second-order valence-electron chi connectivity index (χ2n) is 7.36. The molecule has 1 saturated heterocycles. The summed E-state index contributed by atoms with van der Waals surface area (Å²) in [7, 11) is 0. The first-order valence-electron chi connectivity index (χ1n) is 8.67. The molecule has 1 amide bonds. The minimum atomic E-state index is -0.631. The molecule has 0 spiro atoms. The first-order chi connectivity index (χ1) is 12.7. The zero-order valence-electron chi connectivity index (χ0n) is 15.4. The third kappa shape index (κ3) is 5.22. The first-order valence-corrected chi connectivity index (χ1v) is 9.05. The summed E-state index contributed by atoms with van der Waals surface area (Å²) in [5, 5.41) is 9.22. The highest BCUT2D eigenvalue weighted by atomic mass is 35.5. The van der Waals surface area contributed by atoms with Gasteiger partial charge in [0.1, 0.15) is 16.6 Å². The van der Waals surface area contributed by atoms with E-state index in [1.54, 1.807) is 12.1 Å². The Labute approximate surface area is 161 Å². The van der Waals surface area contributed by atoms with Gasteiger partial charge in [-0.1, -0.05) is 11.6 Å². The third-order valence-electron chi connectivity index (χ3n) is 4.01. The van der Waals surface area contributed by atoms with Crippen LogP contribution in [0.5, 0.6) is 0 Å². The predicted octanol–water partition coefficient (Wildman–Crippen LogP) is 2.57. The quantitative estimate of drug-likeness (QED) is 0.767. The number of hydrogen-bond donors (Lipinski definition) is 2. The van der Waals surface area contributed by atoms with Crippen molar-refractivity contribution in [3.8, 4) is 11.5 Å². The molecular weight excluding hydrogens is 374 g/mol. The number of H-pyrrole nitrogens is 1. The molecular formula is C17H22ClN5O4. The SMILES string of the molecule is CC(C)(C)OC(=O)NC1CCN(c2cc(-c3n[nH]c(=O)o3)cc(Cl)n2)CC1. The number of ether oxygens (including phenoxy) is 1. The predicted molar refractivity (Wildman–Crippen MR) is 100.0 cm³/mol. The van der Waals surface area contributed by atoms with Crippen molar-refractivity contribution in [2.24, 2.45) is 0 Å². The fourth-order valence-corrected chi connectivity index (χ4v) is 3.05. The Hall–Kier alpha value is -2.55. The molecule has 1 aliphatic heterocycles. The van der Waals surface area contributed by atoms with Gasteiger partial charge in [0.25, 0.3) is 0 Å². The lowest BCUT2D eigenvalue weighted by molar-refractivity contribution is 0.0497. The van der Waals surface area contributed by atoms with Crippen LogP contribution in [0, 0.1) is 0 Å². The topological polar surface area (TPSA) is 113 Å². The lowest BCUT2D eigenvalue weighted by Gasteiger charge is -2.33. The van der Waals surface area contributed by atoms with E-state index >= 15 is 0 Å². The van der Waals surface area contributed by atoms with Crippen LogP contribution in [0.4, 0.5) is 10.6 Å². The van der Waals surface area contributed by atoms with E-state index in [9.17, 15) is 9.59 Å². The van der Waals surface area contributed by atoms with Crippen LogP contribution < -0.4 is 16.0 Å². The number of alkyl carbamates (subject to hydrolysis) is 1. The average molecular weight is 396 g/mol. The van der Waals surface area contributed by atoms with Crippen molar-refractivity contribution in [3.05, 3.63) is 27.8 Å². The Balaban J connectivity index is 1.63. The Morgan fingerprint density at radius 2 is 2.07 bits per heavy atom. The summed E-state index contributed by atoms with van der Waals surface area (Å²) in [5.74, 6) is 0.194. The van der Waals surface area contributed by atoms with E-state index in [0.29, 0.717) is 24.5 Å². The zero-order valence-corrected chi connectivity index (χ0v) is 16.2. The average Bonchev–Trinajstić information content (AvgIpc) is 3.00. The van der Waals surface area contributed by atoms with Gasteiger partial charge >= 0.3 is 11.8 Å². The molecule has 3 rings (SSSR count). The van der Waals surface area contributed by atoms with Gasteiger partial charge in [-0.15, -0.1) is 5.10 Å². The molecule has 0 atom stereocenters. The Kier molecular flexibility index (Phi) is 5.41. The van der Waals surface area contributed by atoms with Crippen molar-refractivity contribution in [1.82, 2.24) is 20.5 Å². The summed E-state index contributed by atoms with van der Waals surface area (Å²) in [4.78, 5) is 29.5. The van der Waals surface area contributed by atoms with Gasteiger partial charge in [0, 0.05) is 24.7 Å². The molecule has 2 N–H and O–H groups in total. The molecule has 0 aliphatic carbocycles. The maximum Gasteiger partial charge on any atom is 0.434 e. The number of anilines is 1. The highest BCUT2D eigenvalue weighted by molar-refractivity contribution is 6.29. The second-order valence-corrected chi connectivity index (χ2v) is 7.75. The molecule has 10 heteroatoms. The van der Waals surface area contributed by atoms with Crippen molar-refractivity contribution in [2.75, 3.05) is 18.0 Å². The molecule has 0 bridgehead atoms. The number of pyridine rings is 1. The number of amides is 1. The van der Waals surface area contributed by atoms with Crippen LogP contribution in [0.15, 0.2) is 21.3 Å². The van der Waals surface area contributed by atoms with Gasteiger partial charge in [0.05, 0.1) is 0 Å². The van der Waals surface area contributed by atoms with Gasteiger partial charge < -0.3 is 19.4 Å². The molecule has 3 heterocycles. The molecule has 146 valence electrons. The van der Waals surface area contributed by atoms with Crippen LogP contribution in [0.1, 0.15) is 33.6 Å². The lowest BCUT2D eigenvalue weighted by Crippen LogP contribution is -2.46. The first kappa shape index (κ1) is 19.2. The molecule has 1 aliphatic rings. The van der Waals surface area contributed by atoms with Gasteiger partial charge in [0.15, 0.2) is 0 Å². The Morgan fingerprint density at radius 3 is 2.67 bits per heavy atom. The monoisotopic (exact) mass is 395 g/mol. The molecule has 0 aromatic carbocycles. The van der Waals surface area contributed by atoms with Gasteiger partial charge in [-0.05, 0) is 45.7 Å². The van der Waals surface area contributed by atoms with Crippen LogP contribution in [0.3, 0.4) is 0 Å². The molecule has 0 saturated carbocycles. The maximum atomic E-state index is 11.9. The van der Waals surface area contributed by atoms with Crippen LogP contribution in [0.2, 0.25) is 5.15 Å². The number of rotatable bonds is 3. The van der Waals surface area contributed by atoms with Crippen LogP contribution in [0.25, 0.3) is 11.5 Å². The lowest BCUT2D eigenvalue weighted by atomic mass is 10.1. The van der Waals surface area contributed by atoms with E-state index in [0.717, 1.165) is 12.8 Å². The molecule has 1 fully saturated rings. The molecule has 0 radical (unpaired) electrons. The van der Waals surface area contributed by atoms with Gasteiger partial charge in [-0.25, -0.2) is 19.7 Å². The number of piperidine rings is 1. The van der Waals surface area contributed by atoms with E-state index in [1.807, 2.05) is 20.8 Å². The summed E-state index contributed by atoms with van der Waals surface area (Å²) < 4.78 is 10.3. The van der Waals surface area contributed by atoms with Gasteiger partial charge in [0.2, 0.25) is 5.89 Å². The van der Waals surface area contributed by atoms with Crippen molar-refractivity contribution < 1.29 is 13.9 Å². The number of nitrogens with zero attached hydrogens (tertiary/aromatic N) is 3. The van der Waals surface area contributed by atoms with E-state index in [4.69, 9.17) is 20.8 Å². The molecule has 2 aromatic rings. The van der Waals surface area contributed by atoms with Crippen molar-refractivity contribution in [1.29, 1.82) is 0 Å². The van der Waals surface area contributed by atoms with Crippen molar-refractivity contribution in [3.63, 3.8) is 0 Å². The van der Waals surface area contributed by atoms with Crippen LogP contribution in [-0.2, 0) is 4.74 Å². The van der Waals surface area contributed by atoms with E-state index in [1.165, 1.54) is 0 Å². The number of halogens is 1. The fraction of sp³-hybridized carbons (Fsp3) is 0.529. The molecule has 9 nitrogen and oxygen atoms in total. The number of carbonyl (C=O) groups excluding carboxylic acids is 1.